The number of carbonyl (C=O) groups is 3. The number of carboxylic acids is 1. The molecule has 58 heavy (non-hydrogen) atoms. The van der Waals surface area contributed by atoms with Crippen LogP contribution in [0.25, 0.3) is 22.5 Å². The number of aliphatic hydroxyl groups is 1. The Kier molecular flexibility index (Phi) is 15.5. The number of unbranched alkanes of at least 4 members (excludes halogenated alkanes) is 4. The summed E-state index contributed by atoms with van der Waals surface area (Å²) in [7, 11) is 1.50. The number of rotatable bonds is 20. The lowest BCUT2D eigenvalue weighted by Gasteiger charge is -2.24. The molecule has 2 amide bonds. The van der Waals surface area contributed by atoms with Gasteiger partial charge in [-0.2, -0.15) is 0 Å². The highest BCUT2D eigenvalue weighted by Crippen LogP contribution is 2.30. The van der Waals surface area contributed by atoms with Gasteiger partial charge in [0, 0.05) is 34.9 Å². The largest absolute Gasteiger partial charge is 0.497 e. The number of aliphatic carboxylic acids is 1. The van der Waals surface area contributed by atoms with Crippen LogP contribution in [0.1, 0.15) is 91.6 Å². The van der Waals surface area contributed by atoms with Crippen molar-refractivity contribution in [1.29, 1.82) is 0 Å². The molecule has 3 aromatic carbocycles. The Morgan fingerprint density at radius 1 is 0.793 bits per heavy atom. The molecule has 2 aromatic heterocycles. The summed E-state index contributed by atoms with van der Waals surface area (Å²) >= 11 is 1.39. The number of carbonyl (C=O) groups excluding carboxylic acids is 2. The van der Waals surface area contributed by atoms with E-state index in [2.05, 4.69) is 48.3 Å². The molecule has 0 fully saturated rings. The van der Waals surface area contributed by atoms with Gasteiger partial charge in [0.15, 0.2) is 11.9 Å². The quantitative estimate of drug-likeness (QED) is 0.0567. The van der Waals surface area contributed by atoms with E-state index < -0.39 is 29.9 Å². The molecule has 0 bridgehead atoms. The molecule has 0 aliphatic rings. The van der Waals surface area contributed by atoms with Crippen LogP contribution < -0.4 is 20.1 Å². The maximum Gasteiger partial charge on any atom is 0.329 e. The summed E-state index contributed by atoms with van der Waals surface area (Å²) in [5.74, 6) is -1.34. The number of aliphatic hydroxyl groups excluding tert-OH is 1. The van der Waals surface area contributed by atoms with Gasteiger partial charge in [-0.05, 0) is 71.3 Å². The summed E-state index contributed by atoms with van der Waals surface area (Å²) in [6, 6.07) is 23.7. The van der Waals surface area contributed by atoms with E-state index in [1.54, 1.807) is 42.7 Å². The minimum atomic E-state index is -1.65. The monoisotopic (exact) mass is 806 g/mol. The van der Waals surface area contributed by atoms with Gasteiger partial charge < -0.3 is 30.3 Å². The molecule has 12 heteroatoms. The fourth-order valence-electron chi connectivity index (χ4n) is 6.30. The van der Waals surface area contributed by atoms with E-state index in [-0.39, 0.29) is 24.3 Å². The van der Waals surface area contributed by atoms with Gasteiger partial charge >= 0.3 is 5.97 Å². The molecule has 306 valence electrons. The van der Waals surface area contributed by atoms with Gasteiger partial charge in [-0.15, -0.1) is 11.3 Å². The highest BCUT2D eigenvalue weighted by molar-refractivity contribution is 7.14. The standard InChI is InChI=1S/C46H54N4O7S/c1-6-7-8-9-10-25-57-37-21-15-31(16-22-37)35-28-47-42(48-29-35)33-13-11-30(12-14-33)26-34(27-49-44(53)38-23-24-39(58-38)46(2,3)4)43(52)50-40(45(54)55)41(51)32-17-19-36(56-5)20-18-32/h11-24,28-29,34,40-41,51H,6-10,25-27H2,1-5H3,(H,49,53)(H,50,52)(H,54,55)/t34-,40?,41?/m1/s1. The smallest absolute Gasteiger partial charge is 0.329 e. The zero-order valence-corrected chi connectivity index (χ0v) is 34.7. The fourth-order valence-corrected chi connectivity index (χ4v) is 7.28. The molecule has 5 aromatic rings. The number of carboxylic acid groups (broad SMARTS) is 1. The van der Waals surface area contributed by atoms with Crippen molar-refractivity contribution in [2.45, 2.75) is 83.8 Å². The average Bonchev–Trinajstić information content (AvgIpc) is 3.75. The van der Waals surface area contributed by atoms with E-state index in [0.29, 0.717) is 28.6 Å². The normalized spacial score (nSPS) is 12.9. The molecule has 2 unspecified atom stereocenters. The highest BCUT2D eigenvalue weighted by Gasteiger charge is 2.32. The Bertz CT molecular complexity index is 2080. The van der Waals surface area contributed by atoms with Crippen LogP contribution in [0.5, 0.6) is 11.5 Å². The summed E-state index contributed by atoms with van der Waals surface area (Å²) in [5.41, 5.74) is 3.55. The molecule has 0 spiro atoms. The third-order valence-electron chi connectivity index (χ3n) is 9.84. The van der Waals surface area contributed by atoms with E-state index in [1.807, 2.05) is 54.6 Å². The van der Waals surface area contributed by atoms with Gasteiger partial charge in [-0.25, -0.2) is 14.8 Å². The van der Waals surface area contributed by atoms with Crippen LogP contribution in [-0.4, -0.2) is 64.3 Å². The number of nitrogens with one attached hydrogen (secondary N) is 2. The molecule has 2 heterocycles. The van der Waals surface area contributed by atoms with Gasteiger partial charge in [0.25, 0.3) is 5.91 Å². The Hall–Kier alpha value is -5.59. The van der Waals surface area contributed by atoms with Crippen LogP contribution >= 0.6 is 11.3 Å². The van der Waals surface area contributed by atoms with Crippen molar-refractivity contribution in [3.63, 3.8) is 0 Å². The van der Waals surface area contributed by atoms with Gasteiger partial charge in [-0.1, -0.05) is 102 Å². The number of hydrogen-bond donors (Lipinski definition) is 4. The van der Waals surface area contributed by atoms with Gasteiger partial charge in [-0.3, -0.25) is 9.59 Å². The topological polar surface area (TPSA) is 160 Å². The third-order valence-corrected chi connectivity index (χ3v) is 11.3. The van der Waals surface area contributed by atoms with Crippen molar-refractivity contribution < 1.29 is 34.1 Å². The lowest BCUT2D eigenvalue weighted by molar-refractivity contribution is -0.146. The summed E-state index contributed by atoms with van der Waals surface area (Å²) < 4.78 is 11.1. The van der Waals surface area contributed by atoms with E-state index in [4.69, 9.17) is 9.47 Å². The van der Waals surface area contributed by atoms with E-state index >= 15 is 0 Å². The highest BCUT2D eigenvalue weighted by atomic mass is 32.1. The van der Waals surface area contributed by atoms with E-state index in [9.17, 15) is 24.6 Å². The molecular weight excluding hydrogens is 753 g/mol. The van der Waals surface area contributed by atoms with E-state index in [1.165, 1.54) is 44.1 Å². The molecule has 3 atom stereocenters. The SMILES string of the molecule is CCCCCCCOc1ccc(-c2cnc(-c3ccc(C[C@H](CNC(=O)c4ccc(C(C)(C)C)s4)C(=O)NC(C(=O)O)C(O)c4ccc(OC)cc4)cc3)nc2)cc1. The first kappa shape index (κ1) is 43.5. The van der Waals surface area contributed by atoms with Crippen molar-refractivity contribution in [2.24, 2.45) is 5.92 Å². The zero-order chi connectivity index (χ0) is 41.7. The Morgan fingerprint density at radius 3 is 2.03 bits per heavy atom. The Labute approximate surface area is 344 Å². The third kappa shape index (κ3) is 12.2. The lowest BCUT2D eigenvalue weighted by atomic mass is 9.95. The number of amides is 2. The second-order valence-electron chi connectivity index (χ2n) is 15.3. The number of aromatic nitrogens is 2. The average molecular weight is 807 g/mol. The number of thiophene rings is 1. The van der Waals surface area contributed by atoms with Gasteiger partial charge in [0.2, 0.25) is 5.91 Å². The lowest BCUT2D eigenvalue weighted by Crippen LogP contribution is -2.49. The molecular formula is C46H54N4O7S. The molecule has 4 N–H and O–H groups in total. The molecule has 0 saturated carbocycles. The maximum atomic E-state index is 13.8. The van der Waals surface area contributed by atoms with Crippen molar-refractivity contribution >= 4 is 29.1 Å². The first-order chi connectivity index (χ1) is 27.9. The van der Waals surface area contributed by atoms with E-state index in [0.717, 1.165) is 39.3 Å². The van der Waals surface area contributed by atoms with Crippen molar-refractivity contribution in [3.8, 4) is 34.0 Å². The van der Waals surface area contributed by atoms with Crippen LogP contribution in [0.2, 0.25) is 0 Å². The summed E-state index contributed by atoms with van der Waals surface area (Å²) in [4.78, 5) is 50.2. The molecule has 11 nitrogen and oxygen atoms in total. The second kappa shape index (κ2) is 20.7. The molecule has 0 radical (unpaired) electrons. The summed E-state index contributed by atoms with van der Waals surface area (Å²) in [6.45, 7) is 9.05. The number of ether oxygens (including phenoxy) is 2. The minimum Gasteiger partial charge on any atom is -0.497 e. The summed E-state index contributed by atoms with van der Waals surface area (Å²) in [5, 5.41) is 26.5. The molecule has 5 rings (SSSR count). The van der Waals surface area contributed by atoms with Crippen LogP contribution in [0.3, 0.4) is 0 Å². The van der Waals surface area contributed by atoms with Crippen LogP contribution in [-0.2, 0) is 21.4 Å². The number of nitrogens with zero attached hydrogens (tertiary/aromatic N) is 2. The Balaban J connectivity index is 1.26. The number of benzene rings is 3. The van der Waals surface area contributed by atoms with Crippen molar-refractivity contribution in [3.05, 3.63) is 118 Å². The van der Waals surface area contributed by atoms with Gasteiger partial charge in [0.05, 0.1) is 24.5 Å². The Morgan fingerprint density at radius 2 is 1.43 bits per heavy atom. The first-order valence-electron chi connectivity index (χ1n) is 19.7. The van der Waals surface area contributed by atoms with Crippen molar-refractivity contribution in [1.82, 2.24) is 20.6 Å². The van der Waals surface area contributed by atoms with Crippen molar-refractivity contribution in [2.75, 3.05) is 20.3 Å². The number of methoxy groups -OCH3 is 1. The van der Waals surface area contributed by atoms with Crippen LogP contribution in [0, 0.1) is 5.92 Å². The maximum absolute atomic E-state index is 13.8. The number of hydrogen-bond acceptors (Lipinski definition) is 9. The first-order valence-corrected chi connectivity index (χ1v) is 20.6. The predicted octanol–water partition coefficient (Wildman–Crippen LogP) is 8.42. The van der Waals surface area contributed by atoms with Crippen LogP contribution in [0.4, 0.5) is 0 Å². The summed E-state index contributed by atoms with van der Waals surface area (Å²) in [6.07, 6.45) is 8.14. The zero-order valence-electron chi connectivity index (χ0n) is 33.9. The molecule has 0 aliphatic heterocycles. The van der Waals surface area contributed by atoms with Crippen LogP contribution in [0.15, 0.2) is 97.3 Å². The molecule has 0 saturated heterocycles. The van der Waals surface area contributed by atoms with Gasteiger partial charge in [0.1, 0.15) is 17.6 Å². The minimum absolute atomic E-state index is 0.0726. The molecule has 0 aliphatic carbocycles. The fraction of sp³-hybridized carbons (Fsp3) is 0.370. The second-order valence-corrected chi connectivity index (χ2v) is 16.4. The predicted molar refractivity (Wildman–Crippen MR) is 227 cm³/mol.